The van der Waals surface area contributed by atoms with Gasteiger partial charge in [0, 0.05) is 11.9 Å². The normalized spacial score (nSPS) is 12.6. The Morgan fingerprint density at radius 3 is 2.72 bits per heavy atom. The monoisotopic (exact) mass is 243 g/mol. The van der Waals surface area contributed by atoms with E-state index in [4.69, 9.17) is 0 Å². The highest BCUT2D eigenvalue weighted by atomic mass is 15.3. The zero-order valence-corrected chi connectivity index (χ0v) is 11.1. The van der Waals surface area contributed by atoms with E-state index in [0.717, 1.165) is 25.2 Å². The third-order valence-electron chi connectivity index (χ3n) is 3.02. The van der Waals surface area contributed by atoms with Crippen LogP contribution in [0, 0.1) is 5.92 Å². The lowest BCUT2D eigenvalue weighted by molar-refractivity contribution is 0.510. The van der Waals surface area contributed by atoms with Crippen molar-refractivity contribution in [2.24, 2.45) is 5.92 Å². The molecule has 1 heterocycles. The molecule has 1 aromatic heterocycles. The van der Waals surface area contributed by atoms with Crippen molar-refractivity contribution in [1.82, 2.24) is 15.1 Å². The number of nitrogens with one attached hydrogen (secondary N) is 1. The second kappa shape index (κ2) is 6.36. The Balaban J connectivity index is 2.09. The van der Waals surface area contributed by atoms with Gasteiger partial charge < -0.3 is 5.32 Å². The molecule has 0 amide bonds. The molecule has 1 N–H and O–H groups in total. The molecule has 3 heteroatoms. The highest BCUT2D eigenvalue weighted by Gasteiger charge is 2.09. The van der Waals surface area contributed by atoms with Gasteiger partial charge >= 0.3 is 0 Å². The summed E-state index contributed by atoms with van der Waals surface area (Å²) in [4.78, 5) is 0. The molecular weight excluding hydrogens is 222 g/mol. The van der Waals surface area contributed by atoms with Crippen LogP contribution in [0.15, 0.2) is 42.6 Å². The summed E-state index contributed by atoms with van der Waals surface area (Å²) in [7, 11) is 0. The smallest absolute Gasteiger partial charge is 0.0648 e. The lowest BCUT2D eigenvalue weighted by atomic mass is 10.1. The van der Waals surface area contributed by atoms with Gasteiger partial charge in [0.2, 0.25) is 0 Å². The maximum atomic E-state index is 4.42. The Labute approximate surface area is 109 Å². The Hall–Kier alpha value is -1.61. The minimum Gasteiger partial charge on any atom is -0.317 e. The Kier molecular flexibility index (Phi) is 4.53. The van der Waals surface area contributed by atoms with Crippen molar-refractivity contribution < 1.29 is 0 Å². The van der Waals surface area contributed by atoms with Crippen LogP contribution < -0.4 is 5.32 Å². The van der Waals surface area contributed by atoms with Crippen LogP contribution in [0.1, 0.15) is 19.5 Å². The molecule has 1 unspecified atom stereocenters. The van der Waals surface area contributed by atoms with Gasteiger partial charge in [-0.05, 0) is 43.6 Å². The van der Waals surface area contributed by atoms with Crippen molar-refractivity contribution in [3.05, 3.63) is 48.3 Å². The molecule has 0 radical (unpaired) electrons. The fourth-order valence-corrected chi connectivity index (χ4v) is 2.11. The number of aromatic nitrogens is 2. The maximum Gasteiger partial charge on any atom is 0.0648 e. The van der Waals surface area contributed by atoms with E-state index in [-0.39, 0.29) is 0 Å². The molecule has 2 rings (SSSR count). The van der Waals surface area contributed by atoms with Crippen LogP contribution >= 0.6 is 0 Å². The molecule has 3 nitrogen and oxygen atoms in total. The molecule has 96 valence electrons. The molecule has 0 spiro atoms. The number of benzene rings is 1. The van der Waals surface area contributed by atoms with E-state index in [0.29, 0.717) is 5.92 Å². The van der Waals surface area contributed by atoms with E-state index in [9.17, 15) is 0 Å². The quantitative estimate of drug-likeness (QED) is 0.845. The predicted molar refractivity (Wildman–Crippen MR) is 75.0 cm³/mol. The third kappa shape index (κ3) is 3.20. The fourth-order valence-electron chi connectivity index (χ4n) is 2.11. The molecule has 0 aliphatic rings. The zero-order valence-electron chi connectivity index (χ0n) is 11.1. The van der Waals surface area contributed by atoms with Gasteiger partial charge in [-0.1, -0.05) is 32.0 Å². The van der Waals surface area contributed by atoms with Crippen LogP contribution in [0.5, 0.6) is 0 Å². The second-order valence-electron chi connectivity index (χ2n) is 4.69. The fraction of sp³-hybridized carbons (Fsp3) is 0.400. The van der Waals surface area contributed by atoms with Crippen molar-refractivity contribution in [3.63, 3.8) is 0 Å². The maximum absolute atomic E-state index is 4.42. The van der Waals surface area contributed by atoms with Gasteiger partial charge in [-0.2, -0.15) is 5.10 Å². The molecule has 0 aliphatic carbocycles. The lowest BCUT2D eigenvalue weighted by Gasteiger charge is -2.13. The average Bonchev–Trinajstić information content (AvgIpc) is 2.85. The lowest BCUT2D eigenvalue weighted by Crippen LogP contribution is -2.22. The minimum absolute atomic E-state index is 0.615. The van der Waals surface area contributed by atoms with Gasteiger partial charge in [0.25, 0.3) is 0 Å². The van der Waals surface area contributed by atoms with E-state index in [1.807, 2.05) is 29.1 Å². The standard InChI is InChI=1S/C15H21N3/c1-3-16-12-13(2)11-15-9-10-17-18(15)14-7-5-4-6-8-14/h4-10,13,16H,3,11-12H2,1-2H3. The van der Waals surface area contributed by atoms with Crippen molar-refractivity contribution >= 4 is 0 Å². The van der Waals surface area contributed by atoms with Gasteiger partial charge in [0.1, 0.15) is 0 Å². The van der Waals surface area contributed by atoms with Crippen molar-refractivity contribution in [2.45, 2.75) is 20.3 Å². The van der Waals surface area contributed by atoms with E-state index >= 15 is 0 Å². The van der Waals surface area contributed by atoms with E-state index in [1.165, 1.54) is 5.69 Å². The molecule has 18 heavy (non-hydrogen) atoms. The summed E-state index contributed by atoms with van der Waals surface area (Å²) in [5, 5.41) is 7.81. The second-order valence-corrected chi connectivity index (χ2v) is 4.69. The zero-order chi connectivity index (χ0) is 12.8. The van der Waals surface area contributed by atoms with Crippen LogP contribution in [0.4, 0.5) is 0 Å². The number of rotatable bonds is 6. The molecule has 1 aromatic carbocycles. The summed E-state index contributed by atoms with van der Waals surface area (Å²) < 4.78 is 2.03. The van der Waals surface area contributed by atoms with Crippen LogP contribution in [0.2, 0.25) is 0 Å². The van der Waals surface area contributed by atoms with Crippen LogP contribution in [-0.2, 0) is 6.42 Å². The first kappa shape index (κ1) is 12.8. The van der Waals surface area contributed by atoms with Crippen LogP contribution in [0.25, 0.3) is 5.69 Å². The Morgan fingerprint density at radius 1 is 1.22 bits per heavy atom. The number of nitrogens with zero attached hydrogens (tertiary/aromatic N) is 2. The topological polar surface area (TPSA) is 29.9 Å². The van der Waals surface area contributed by atoms with Crippen molar-refractivity contribution in [2.75, 3.05) is 13.1 Å². The van der Waals surface area contributed by atoms with E-state index in [1.54, 1.807) is 0 Å². The minimum atomic E-state index is 0.615. The van der Waals surface area contributed by atoms with E-state index in [2.05, 4.69) is 42.5 Å². The summed E-state index contributed by atoms with van der Waals surface area (Å²) in [6.07, 6.45) is 2.92. The van der Waals surface area contributed by atoms with Gasteiger partial charge in [-0.3, -0.25) is 0 Å². The van der Waals surface area contributed by atoms with Crippen molar-refractivity contribution in [3.8, 4) is 5.69 Å². The summed E-state index contributed by atoms with van der Waals surface area (Å²) in [6, 6.07) is 12.4. The van der Waals surface area contributed by atoms with Crippen molar-refractivity contribution in [1.29, 1.82) is 0 Å². The highest BCUT2D eigenvalue weighted by molar-refractivity contribution is 5.32. The number of hydrogen-bond donors (Lipinski definition) is 1. The molecule has 2 aromatic rings. The largest absolute Gasteiger partial charge is 0.317 e. The average molecular weight is 243 g/mol. The Bertz CT molecular complexity index is 462. The molecule has 0 aliphatic heterocycles. The summed E-state index contributed by atoms with van der Waals surface area (Å²) >= 11 is 0. The molecule has 1 atom stereocenters. The van der Waals surface area contributed by atoms with Gasteiger partial charge in [-0.15, -0.1) is 0 Å². The first-order valence-electron chi connectivity index (χ1n) is 6.60. The van der Waals surface area contributed by atoms with Gasteiger partial charge in [-0.25, -0.2) is 4.68 Å². The van der Waals surface area contributed by atoms with Crippen LogP contribution in [-0.4, -0.2) is 22.9 Å². The highest BCUT2D eigenvalue weighted by Crippen LogP contribution is 2.13. The van der Waals surface area contributed by atoms with Crippen LogP contribution in [0.3, 0.4) is 0 Å². The molecule has 0 saturated carbocycles. The summed E-state index contributed by atoms with van der Waals surface area (Å²) in [5.41, 5.74) is 2.40. The summed E-state index contributed by atoms with van der Waals surface area (Å²) in [6.45, 7) is 6.49. The molecule has 0 bridgehead atoms. The van der Waals surface area contributed by atoms with E-state index < -0.39 is 0 Å². The predicted octanol–water partition coefficient (Wildman–Crippen LogP) is 2.66. The third-order valence-corrected chi connectivity index (χ3v) is 3.02. The molecular formula is C15H21N3. The number of hydrogen-bond acceptors (Lipinski definition) is 2. The Morgan fingerprint density at radius 2 is 2.00 bits per heavy atom. The molecule has 0 saturated heterocycles. The first-order valence-corrected chi connectivity index (χ1v) is 6.60. The summed E-state index contributed by atoms with van der Waals surface area (Å²) in [5.74, 6) is 0.615. The number of para-hydroxylation sites is 1. The molecule has 0 fully saturated rings. The van der Waals surface area contributed by atoms with Gasteiger partial charge in [0.15, 0.2) is 0 Å². The van der Waals surface area contributed by atoms with Gasteiger partial charge in [0.05, 0.1) is 5.69 Å². The first-order chi connectivity index (χ1) is 8.81. The SMILES string of the molecule is CCNCC(C)Cc1ccnn1-c1ccccc1.